The third-order valence-corrected chi connectivity index (χ3v) is 4.81. The fourth-order valence-electron chi connectivity index (χ4n) is 3.40. The van der Waals surface area contributed by atoms with Gasteiger partial charge >= 0.3 is 0 Å². The highest BCUT2D eigenvalue weighted by atomic mass is 16.3. The molecule has 3 atom stereocenters. The molecule has 2 fully saturated rings. The molecule has 1 aliphatic heterocycles. The molecule has 1 saturated heterocycles. The Morgan fingerprint density at radius 3 is 2.68 bits per heavy atom. The predicted molar refractivity (Wildman–Crippen MR) is 84.4 cm³/mol. The van der Waals surface area contributed by atoms with Gasteiger partial charge in [0.1, 0.15) is 0 Å². The Morgan fingerprint density at radius 2 is 2.05 bits per heavy atom. The molecule has 1 aromatic heterocycles. The quantitative estimate of drug-likeness (QED) is 0.816. The molecule has 120 valence electrons. The van der Waals surface area contributed by atoms with E-state index in [-0.39, 0.29) is 17.9 Å². The van der Waals surface area contributed by atoms with Gasteiger partial charge in [-0.2, -0.15) is 0 Å². The molecule has 1 amide bonds. The first-order chi connectivity index (χ1) is 10.6. The largest absolute Gasteiger partial charge is 0.392 e. The van der Waals surface area contributed by atoms with E-state index >= 15 is 0 Å². The Labute approximate surface area is 130 Å². The summed E-state index contributed by atoms with van der Waals surface area (Å²) in [6.07, 6.45) is 5.15. The summed E-state index contributed by atoms with van der Waals surface area (Å²) in [5, 5.41) is 9.69. The Bertz CT molecular complexity index is 502. The normalized spacial score (nSPS) is 29.5. The molecule has 3 N–H and O–H groups in total. The number of pyridine rings is 1. The second kappa shape index (κ2) is 6.62. The van der Waals surface area contributed by atoms with E-state index in [1.54, 1.807) is 6.20 Å². The topological polar surface area (TPSA) is 82.7 Å². The van der Waals surface area contributed by atoms with Gasteiger partial charge < -0.3 is 20.6 Å². The molecule has 2 aliphatic rings. The average molecular weight is 304 g/mol. The van der Waals surface area contributed by atoms with E-state index in [0.29, 0.717) is 12.8 Å². The van der Waals surface area contributed by atoms with Gasteiger partial charge in [-0.25, -0.2) is 0 Å². The summed E-state index contributed by atoms with van der Waals surface area (Å²) in [7, 11) is 0. The van der Waals surface area contributed by atoms with Crippen LogP contribution in [-0.4, -0.2) is 59.2 Å². The number of aliphatic hydroxyl groups excluding tert-OH is 1. The minimum Gasteiger partial charge on any atom is -0.392 e. The van der Waals surface area contributed by atoms with Crippen LogP contribution in [0.2, 0.25) is 0 Å². The SMILES string of the molecule is N[C@@H]1C[C@@H](C(=O)N2CCN(c3cccnc3)CC2)CC[C@H]1O. The van der Waals surface area contributed by atoms with Crippen molar-refractivity contribution < 1.29 is 9.90 Å². The van der Waals surface area contributed by atoms with Crippen LogP contribution >= 0.6 is 0 Å². The summed E-state index contributed by atoms with van der Waals surface area (Å²) in [5.41, 5.74) is 7.01. The van der Waals surface area contributed by atoms with Crippen molar-refractivity contribution in [2.45, 2.75) is 31.4 Å². The molecule has 0 aromatic carbocycles. The zero-order chi connectivity index (χ0) is 15.5. The van der Waals surface area contributed by atoms with Crippen LogP contribution in [0.5, 0.6) is 0 Å². The zero-order valence-electron chi connectivity index (χ0n) is 12.8. The molecule has 0 spiro atoms. The number of piperazine rings is 1. The minimum atomic E-state index is -0.452. The van der Waals surface area contributed by atoms with E-state index < -0.39 is 6.10 Å². The van der Waals surface area contributed by atoms with Crippen molar-refractivity contribution >= 4 is 11.6 Å². The van der Waals surface area contributed by atoms with Gasteiger partial charge in [-0.3, -0.25) is 9.78 Å². The lowest BCUT2D eigenvalue weighted by atomic mass is 9.83. The van der Waals surface area contributed by atoms with Crippen molar-refractivity contribution in [1.82, 2.24) is 9.88 Å². The maximum absolute atomic E-state index is 12.6. The average Bonchev–Trinajstić information content (AvgIpc) is 2.58. The van der Waals surface area contributed by atoms with Gasteiger partial charge in [-0.1, -0.05) is 0 Å². The second-order valence-electron chi connectivity index (χ2n) is 6.26. The maximum atomic E-state index is 12.6. The predicted octanol–water partition coefficient (Wildman–Crippen LogP) is 0.218. The van der Waals surface area contributed by atoms with Crippen LogP contribution in [0.25, 0.3) is 0 Å². The van der Waals surface area contributed by atoms with Gasteiger partial charge in [0, 0.05) is 44.3 Å². The van der Waals surface area contributed by atoms with Crippen molar-refractivity contribution in [3.63, 3.8) is 0 Å². The second-order valence-corrected chi connectivity index (χ2v) is 6.26. The van der Waals surface area contributed by atoms with Crippen molar-refractivity contribution in [3.8, 4) is 0 Å². The van der Waals surface area contributed by atoms with Crippen LogP contribution < -0.4 is 10.6 Å². The Balaban J connectivity index is 1.54. The molecule has 6 nitrogen and oxygen atoms in total. The number of hydrogen-bond donors (Lipinski definition) is 2. The lowest BCUT2D eigenvalue weighted by molar-refractivity contribution is -0.137. The number of hydrogen-bond acceptors (Lipinski definition) is 5. The van der Waals surface area contributed by atoms with E-state index in [1.165, 1.54) is 0 Å². The molecule has 6 heteroatoms. The first-order valence-corrected chi connectivity index (χ1v) is 8.02. The van der Waals surface area contributed by atoms with Crippen LogP contribution in [0.4, 0.5) is 5.69 Å². The van der Waals surface area contributed by atoms with E-state index in [4.69, 9.17) is 5.73 Å². The number of aromatic nitrogens is 1. The van der Waals surface area contributed by atoms with Crippen molar-refractivity contribution in [3.05, 3.63) is 24.5 Å². The number of nitrogens with zero attached hydrogens (tertiary/aromatic N) is 3. The number of aliphatic hydroxyl groups is 1. The smallest absolute Gasteiger partial charge is 0.225 e. The molecular formula is C16H24N4O2. The van der Waals surface area contributed by atoms with Gasteiger partial charge in [0.25, 0.3) is 0 Å². The molecule has 1 aliphatic carbocycles. The van der Waals surface area contributed by atoms with Crippen LogP contribution in [0, 0.1) is 5.92 Å². The molecule has 1 aromatic rings. The first kappa shape index (κ1) is 15.2. The van der Waals surface area contributed by atoms with Gasteiger partial charge in [-0.15, -0.1) is 0 Å². The molecule has 0 unspecified atom stereocenters. The summed E-state index contributed by atoms with van der Waals surface area (Å²) in [6.45, 7) is 3.14. The van der Waals surface area contributed by atoms with Crippen molar-refractivity contribution in [2.75, 3.05) is 31.1 Å². The van der Waals surface area contributed by atoms with Crippen LogP contribution in [-0.2, 0) is 4.79 Å². The van der Waals surface area contributed by atoms with Gasteiger partial charge in [0.05, 0.1) is 18.0 Å². The summed E-state index contributed by atoms with van der Waals surface area (Å²) >= 11 is 0. The number of carbonyl (C=O) groups excluding carboxylic acids is 1. The number of carbonyl (C=O) groups is 1. The summed E-state index contributed by atoms with van der Waals surface area (Å²) < 4.78 is 0. The molecule has 1 saturated carbocycles. The highest BCUT2D eigenvalue weighted by Gasteiger charge is 2.34. The molecule has 22 heavy (non-hydrogen) atoms. The summed E-state index contributed by atoms with van der Waals surface area (Å²) in [5.74, 6) is 0.177. The Kier molecular flexibility index (Phi) is 4.59. The van der Waals surface area contributed by atoms with Crippen molar-refractivity contribution in [2.24, 2.45) is 11.7 Å². The van der Waals surface area contributed by atoms with Crippen LogP contribution in [0.1, 0.15) is 19.3 Å². The van der Waals surface area contributed by atoms with Gasteiger partial charge in [-0.05, 0) is 31.4 Å². The molecule has 0 radical (unpaired) electrons. The highest BCUT2D eigenvalue weighted by Crippen LogP contribution is 2.26. The fourth-order valence-corrected chi connectivity index (χ4v) is 3.40. The first-order valence-electron chi connectivity index (χ1n) is 8.02. The third-order valence-electron chi connectivity index (χ3n) is 4.81. The summed E-state index contributed by atoms with van der Waals surface area (Å²) in [4.78, 5) is 21.0. The summed E-state index contributed by atoms with van der Waals surface area (Å²) in [6, 6.07) is 3.72. The number of amides is 1. The molecule has 3 rings (SSSR count). The lowest BCUT2D eigenvalue weighted by Gasteiger charge is -2.39. The Morgan fingerprint density at radius 1 is 1.27 bits per heavy atom. The molecule has 0 bridgehead atoms. The zero-order valence-corrected chi connectivity index (χ0v) is 12.8. The van der Waals surface area contributed by atoms with Crippen molar-refractivity contribution in [1.29, 1.82) is 0 Å². The van der Waals surface area contributed by atoms with E-state index in [1.807, 2.05) is 23.2 Å². The molecular weight excluding hydrogens is 280 g/mol. The Hall–Kier alpha value is -1.66. The van der Waals surface area contributed by atoms with Crippen LogP contribution in [0.3, 0.4) is 0 Å². The lowest BCUT2D eigenvalue weighted by Crippen LogP contribution is -2.52. The van der Waals surface area contributed by atoms with E-state index in [9.17, 15) is 9.90 Å². The van der Waals surface area contributed by atoms with E-state index in [0.717, 1.165) is 38.3 Å². The maximum Gasteiger partial charge on any atom is 0.225 e. The fraction of sp³-hybridized carbons (Fsp3) is 0.625. The van der Waals surface area contributed by atoms with Crippen LogP contribution in [0.15, 0.2) is 24.5 Å². The monoisotopic (exact) mass is 304 g/mol. The van der Waals surface area contributed by atoms with Gasteiger partial charge in [0.15, 0.2) is 0 Å². The minimum absolute atomic E-state index is 0.0247. The van der Waals surface area contributed by atoms with E-state index in [2.05, 4.69) is 9.88 Å². The highest BCUT2D eigenvalue weighted by molar-refractivity contribution is 5.79. The third kappa shape index (κ3) is 3.23. The number of rotatable bonds is 2. The van der Waals surface area contributed by atoms with Gasteiger partial charge in [0.2, 0.25) is 5.91 Å². The number of nitrogens with two attached hydrogens (primary N) is 1. The standard InChI is InChI=1S/C16H24N4O2/c17-14-10-12(3-4-15(14)21)16(22)20-8-6-19(7-9-20)13-2-1-5-18-11-13/h1-2,5,11-12,14-15,21H,3-4,6-10,17H2/t12-,14+,15+/m0/s1. The number of anilines is 1. The molecule has 2 heterocycles.